The highest BCUT2D eigenvalue weighted by Gasteiger charge is 2.47. The number of halogens is 1. The van der Waals surface area contributed by atoms with Gasteiger partial charge in [0.2, 0.25) is 5.91 Å². The van der Waals surface area contributed by atoms with Gasteiger partial charge in [0.1, 0.15) is 12.1 Å². The van der Waals surface area contributed by atoms with E-state index in [9.17, 15) is 9.18 Å². The molecule has 2 unspecified atom stereocenters. The lowest BCUT2D eigenvalue weighted by Crippen LogP contribution is -2.70. The number of hydrogen-bond acceptors (Lipinski definition) is 5. The van der Waals surface area contributed by atoms with Crippen LogP contribution in [0, 0.1) is 5.82 Å². The van der Waals surface area contributed by atoms with Gasteiger partial charge in [0, 0.05) is 13.1 Å². The fourth-order valence-electron chi connectivity index (χ4n) is 4.06. The molecule has 0 spiro atoms. The lowest BCUT2D eigenvalue weighted by Gasteiger charge is -2.56. The smallest absolute Gasteiger partial charge is 0.227 e. The summed E-state index contributed by atoms with van der Waals surface area (Å²) < 4.78 is 19.7. The zero-order valence-electron chi connectivity index (χ0n) is 15.6. The van der Waals surface area contributed by atoms with E-state index >= 15 is 0 Å². The minimum absolute atomic E-state index is 0.119. The standard InChI is InChI=1S/C20H23FN4O2/c1-3-17-19(21)20(23-12-22-17)24-10-14-9-15(11-24)25(14)18(26)8-13-4-6-16(27-2)7-5-13/h4-7,12,14-15H,3,8-11H2,1-2H3. The first-order chi connectivity index (χ1) is 13.1. The van der Waals surface area contributed by atoms with E-state index in [-0.39, 0.29) is 23.8 Å². The monoisotopic (exact) mass is 370 g/mol. The fourth-order valence-corrected chi connectivity index (χ4v) is 4.06. The van der Waals surface area contributed by atoms with Gasteiger partial charge in [0.25, 0.3) is 0 Å². The molecule has 1 aromatic heterocycles. The summed E-state index contributed by atoms with van der Waals surface area (Å²) in [4.78, 5) is 24.8. The van der Waals surface area contributed by atoms with E-state index in [1.54, 1.807) is 7.11 Å². The molecule has 3 saturated heterocycles. The number of benzene rings is 1. The normalized spacial score (nSPS) is 21.0. The molecule has 27 heavy (non-hydrogen) atoms. The van der Waals surface area contributed by atoms with E-state index in [0.717, 1.165) is 17.7 Å². The van der Waals surface area contributed by atoms with Crippen LogP contribution in [0.1, 0.15) is 24.6 Å². The van der Waals surface area contributed by atoms with Crippen molar-refractivity contribution >= 4 is 11.7 Å². The molecule has 3 aliphatic rings. The van der Waals surface area contributed by atoms with E-state index in [4.69, 9.17) is 4.74 Å². The van der Waals surface area contributed by atoms with Crippen molar-refractivity contribution in [3.8, 4) is 5.75 Å². The van der Waals surface area contributed by atoms with Crippen LogP contribution in [0.15, 0.2) is 30.6 Å². The van der Waals surface area contributed by atoms with E-state index in [1.165, 1.54) is 6.33 Å². The molecule has 3 fully saturated rings. The lowest BCUT2D eigenvalue weighted by molar-refractivity contribution is -0.145. The van der Waals surface area contributed by atoms with Crippen LogP contribution in [0.4, 0.5) is 10.2 Å². The number of amides is 1. The van der Waals surface area contributed by atoms with Crippen LogP contribution in [-0.4, -0.2) is 53.1 Å². The largest absolute Gasteiger partial charge is 0.497 e. The number of nitrogens with zero attached hydrogens (tertiary/aromatic N) is 4. The Labute approximate surface area is 158 Å². The summed E-state index contributed by atoms with van der Waals surface area (Å²) in [6, 6.07) is 7.81. The van der Waals surface area contributed by atoms with Gasteiger partial charge in [-0.1, -0.05) is 19.1 Å². The van der Waals surface area contributed by atoms with Gasteiger partial charge in [0.15, 0.2) is 11.6 Å². The number of fused-ring (bicyclic) bond motifs is 2. The Kier molecular flexibility index (Phi) is 4.68. The minimum atomic E-state index is -0.336. The Morgan fingerprint density at radius 2 is 1.93 bits per heavy atom. The molecule has 1 amide bonds. The van der Waals surface area contributed by atoms with Gasteiger partial charge in [-0.15, -0.1) is 0 Å². The third-order valence-corrected chi connectivity index (χ3v) is 5.47. The van der Waals surface area contributed by atoms with Crippen molar-refractivity contribution < 1.29 is 13.9 Å². The molecule has 2 atom stereocenters. The average molecular weight is 370 g/mol. The highest BCUT2D eigenvalue weighted by atomic mass is 19.1. The molecule has 6 nitrogen and oxygen atoms in total. The summed E-state index contributed by atoms with van der Waals surface area (Å²) >= 11 is 0. The lowest BCUT2D eigenvalue weighted by atomic mass is 9.86. The van der Waals surface area contributed by atoms with Crippen molar-refractivity contribution in [2.75, 3.05) is 25.1 Å². The number of piperazine rings is 1. The van der Waals surface area contributed by atoms with Crippen molar-refractivity contribution in [2.24, 2.45) is 0 Å². The van der Waals surface area contributed by atoms with E-state index in [1.807, 2.05) is 41.0 Å². The Hall–Kier alpha value is -2.70. The molecular formula is C20H23FN4O2. The van der Waals surface area contributed by atoms with Crippen LogP contribution in [-0.2, 0) is 17.6 Å². The van der Waals surface area contributed by atoms with Crippen molar-refractivity contribution in [2.45, 2.75) is 38.3 Å². The molecule has 2 bridgehead atoms. The fraction of sp³-hybridized carbons (Fsp3) is 0.450. The number of aryl methyl sites for hydroxylation is 1. The average Bonchev–Trinajstić information content (AvgIpc) is 2.68. The van der Waals surface area contributed by atoms with Gasteiger partial charge in [-0.3, -0.25) is 4.79 Å². The number of piperidine rings is 1. The first-order valence-electron chi connectivity index (χ1n) is 9.29. The number of ether oxygens (including phenoxy) is 1. The number of aromatic nitrogens is 2. The molecule has 1 aromatic carbocycles. The molecule has 0 aliphatic carbocycles. The summed E-state index contributed by atoms with van der Waals surface area (Å²) in [6.07, 6.45) is 3.30. The molecule has 3 aliphatic heterocycles. The number of methoxy groups -OCH3 is 1. The maximum absolute atomic E-state index is 14.5. The highest BCUT2D eigenvalue weighted by molar-refractivity contribution is 5.81. The zero-order chi connectivity index (χ0) is 19.0. The van der Waals surface area contributed by atoms with E-state index < -0.39 is 0 Å². The molecule has 4 heterocycles. The molecule has 5 rings (SSSR count). The minimum Gasteiger partial charge on any atom is -0.497 e. The second-order valence-corrected chi connectivity index (χ2v) is 7.09. The maximum atomic E-state index is 14.5. The molecule has 0 saturated carbocycles. The van der Waals surface area contributed by atoms with Crippen LogP contribution >= 0.6 is 0 Å². The maximum Gasteiger partial charge on any atom is 0.227 e. The quantitative estimate of drug-likeness (QED) is 0.808. The van der Waals surface area contributed by atoms with Crippen molar-refractivity contribution in [3.63, 3.8) is 0 Å². The molecular weight excluding hydrogens is 347 g/mol. The molecule has 7 heteroatoms. The van der Waals surface area contributed by atoms with Gasteiger partial charge in [0.05, 0.1) is 31.3 Å². The summed E-state index contributed by atoms with van der Waals surface area (Å²) in [6.45, 7) is 3.10. The molecule has 0 N–H and O–H groups in total. The first kappa shape index (κ1) is 17.7. The summed E-state index contributed by atoms with van der Waals surface area (Å²) in [5, 5.41) is 0. The predicted molar refractivity (Wildman–Crippen MR) is 99.3 cm³/mol. The topological polar surface area (TPSA) is 58.6 Å². The highest BCUT2D eigenvalue weighted by Crippen LogP contribution is 2.35. The zero-order valence-corrected chi connectivity index (χ0v) is 15.6. The van der Waals surface area contributed by atoms with Gasteiger partial charge in [-0.25, -0.2) is 14.4 Å². The summed E-state index contributed by atoms with van der Waals surface area (Å²) in [5.41, 5.74) is 1.41. The van der Waals surface area contributed by atoms with Gasteiger partial charge in [-0.05, 0) is 30.5 Å². The van der Waals surface area contributed by atoms with Gasteiger partial charge in [-0.2, -0.15) is 0 Å². The SMILES string of the molecule is CCc1ncnc(N2CC3CC(C2)N3C(=O)Cc2ccc(OC)cc2)c1F. The van der Waals surface area contributed by atoms with Crippen LogP contribution < -0.4 is 9.64 Å². The van der Waals surface area contributed by atoms with E-state index in [0.29, 0.717) is 37.4 Å². The van der Waals surface area contributed by atoms with Crippen LogP contribution in [0.5, 0.6) is 5.75 Å². The first-order valence-corrected chi connectivity index (χ1v) is 9.29. The second-order valence-electron chi connectivity index (χ2n) is 7.09. The van der Waals surface area contributed by atoms with Crippen LogP contribution in [0.3, 0.4) is 0 Å². The van der Waals surface area contributed by atoms with Gasteiger partial charge < -0.3 is 14.5 Å². The Bertz CT molecular complexity index is 830. The Morgan fingerprint density at radius 1 is 1.22 bits per heavy atom. The van der Waals surface area contributed by atoms with Crippen molar-refractivity contribution in [1.29, 1.82) is 0 Å². The number of rotatable bonds is 5. The second kappa shape index (κ2) is 7.13. The third kappa shape index (κ3) is 3.22. The predicted octanol–water partition coefficient (Wildman–Crippen LogP) is 2.22. The molecule has 142 valence electrons. The third-order valence-electron chi connectivity index (χ3n) is 5.47. The molecule has 0 radical (unpaired) electrons. The van der Waals surface area contributed by atoms with Crippen LogP contribution in [0.2, 0.25) is 0 Å². The van der Waals surface area contributed by atoms with Gasteiger partial charge >= 0.3 is 0 Å². The van der Waals surface area contributed by atoms with Crippen molar-refractivity contribution in [3.05, 3.63) is 47.7 Å². The van der Waals surface area contributed by atoms with Crippen LogP contribution in [0.25, 0.3) is 0 Å². The Morgan fingerprint density at radius 3 is 2.56 bits per heavy atom. The van der Waals surface area contributed by atoms with Crippen molar-refractivity contribution in [1.82, 2.24) is 14.9 Å². The number of carbonyl (C=O) groups is 1. The Balaban J connectivity index is 1.42. The van der Waals surface area contributed by atoms with E-state index in [2.05, 4.69) is 9.97 Å². The summed E-state index contributed by atoms with van der Waals surface area (Å²) in [7, 11) is 1.62. The molecule has 2 aromatic rings. The summed E-state index contributed by atoms with van der Waals surface area (Å²) in [5.74, 6) is 0.927. The number of carbonyl (C=O) groups excluding carboxylic acids is 1. The number of hydrogen-bond donors (Lipinski definition) is 0. The number of anilines is 1.